The van der Waals surface area contributed by atoms with E-state index in [1.807, 2.05) is 6.07 Å². The van der Waals surface area contributed by atoms with E-state index in [4.69, 9.17) is 0 Å². The summed E-state index contributed by atoms with van der Waals surface area (Å²) in [6, 6.07) is 4.11. The van der Waals surface area contributed by atoms with Gasteiger partial charge in [0.15, 0.2) is 0 Å². The second-order valence-corrected chi connectivity index (χ2v) is 6.09. The molecule has 0 saturated heterocycles. The Kier molecular flexibility index (Phi) is 4.33. The van der Waals surface area contributed by atoms with Gasteiger partial charge < -0.3 is 4.98 Å². The fourth-order valence-corrected chi connectivity index (χ4v) is 2.96. The number of H-pyrrole nitrogens is 1. The Morgan fingerprint density at radius 3 is 3.06 bits per heavy atom. The van der Waals surface area contributed by atoms with Crippen LogP contribution < -0.4 is 5.32 Å². The van der Waals surface area contributed by atoms with Gasteiger partial charge in [-0.05, 0) is 40.9 Å². The quantitative estimate of drug-likeness (QED) is 0.890. The van der Waals surface area contributed by atoms with E-state index >= 15 is 0 Å². The number of aromatic amines is 1. The van der Waals surface area contributed by atoms with Crippen LogP contribution in [0.15, 0.2) is 28.3 Å². The molecule has 6 heteroatoms. The van der Waals surface area contributed by atoms with Gasteiger partial charge in [0.25, 0.3) is 0 Å². The van der Waals surface area contributed by atoms with Gasteiger partial charge in [0.05, 0.1) is 3.79 Å². The first kappa shape index (κ1) is 12.3. The van der Waals surface area contributed by atoms with Crippen LogP contribution in [-0.2, 0) is 11.2 Å². The predicted octanol–water partition coefficient (Wildman–Crippen LogP) is 3.20. The molecule has 90 valence electrons. The van der Waals surface area contributed by atoms with Crippen molar-refractivity contribution in [3.63, 3.8) is 0 Å². The summed E-state index contributed by atoms with van der Waals surface area (Å²) < 4.78 is 1.13. The number of halogens is 1. The van der Waals surface area contributed by atoms with Crippen LogP contribution in [0.1, 0.15) is 17.7 Å². The van der Waals surface area contributed by atoms with Crippen LogP contribution in [0.5, 0.6) is 0 Å². The lowest BCUT2D eigenvalue weighted by Gasteiger charge is -2.00. The van der Waals surface area contributed by atoms with Crippen LogP contribution >= 0.6 is 27.3 Å². The highest BCUT2D eigenvalue weighted by atomic mass is 79.9. The number of nitrogens with zero attached hydrogens (tertiary/aromatic N) is 1. The maximum atomic E-state index is 11.5. The number of nitrogens with one attached hydrogen (secondary N) is 2. The van der Waals surface area contributed by atoms with E-state index in [-0.39, 0.29) is 5.91 Å². The van der Waals surface area contributed by atoms with Gasteiger partial charge >= 0.3 is 0 Å². The largest absolute Gasteiger partial charge is 0.331 e. The van der Waals surface area contributed by atoms with Crippen molar-refractivity contribution in [3.05, 3.63) is 33.2 Å². The molecule has 0 radical (unpaired) electrons. The molecule has 0 spiro atoms. The molecule has 2 N–H and O–H groups in total. The first-order valence-corrected chi connectivity index (χ1v) is 6.88. The van der Waals surface area contributed by atoms with Crippen molar-refractivity contribution < 1.29 is 4.79 Å². The normalized spacial score (nSPS) is 10.4. The van der Waals surface area contributed by atoms with Crippen LogP contribution in [0.4, 0.5) is 5.95 Å². The van der Waals surface area contributed by atoms with E-state index in [9.17, 15) is 4.79 Å². The Bertz CT molecular complexity index is 481. The number of amides is 1. The lowest BCUT2D eigenvalue weighted by Crippen LogP contribution is -2.12. The molecule has 0 aliphatic rings. The molecule has 0 saturated carbocycles. The van der Waals surface area contributed by atoms with Crippen molar-refractivity contribution in [2.75, 3.05) is 5.32 Å². The summed E-state index contributed by atoms with van der Waals surface area (Å²) in [4.78, 5) is 19.6. The number of carbonyl (C=O) groups excluding carboxylic acids is 1. The Labute approximate surface area is 112 Å². The van der Waals surface area contributed by atoms with Gasteiger partial charge in [0.1, 0.15) is 0 Å². The molecule has 0 unspecified atom stereocenters. The highest BCUT2D eigenvalue weighted by Crippen LogP contribution is 2.23. The standard InChI is InChI=1S/C11H12BrN3OS/c12-9-5-4-8(17-9)2-1-3-10(16)15-11-13-6-7-14-11/h4-7H,1-3H2,(H2,13,14,15,16). The lowest BCUT2D eigenvalue weighted by atomic mass is 10.2. The van der Waals surface area contributed by atoms with Crippen LogP contribution in [-0.4, -0.2) is 15.9 Å². The number of thiophene rings is 1. The van der Waals surface area contributed by atoms with Crippen LogP contribution in [0.25, 0.3) is 0 Å². The molecule has 2 aromatic rings. The minimum Gasteiger partial charge on any atom is -0.331 e. The number of hydrogen-bond acceptors (Lipinski definition) is 3. The van der Waals surface area contributed by atoms with Crippen molar-refractivity contribution >= 4 is 39.1 Å². The predicted molar refractivity (Wildman–Crippen MR) is 72.2 cm³/mol. The Morgan fingerprint density at radius 1 is 1.53 bits per heavy atom. The van der Waals surface area contributed by atoms with Crippen LogP contribution in [0.2, 0.25) is 0 Å². The molecule has 0 atom stereocenters. The van der Waals surface area contributed by atoms with Crippen LogP contribution in [0.3, 0.4) is 0 Å². The average Bonchev–Trinajstić information content (AvgIpc) is 2.90. The summed E-state index contributed by atoms with van der Waals surface area (Å²) >= 11 is 5.13. The number of imidazole rings is 1. The molecule has 0 aromatic carbocycles. The highest BCUT2D eigenvalue weighted by Gasteiger charge is 2.04. The van der Waals surface area contributed by atoms with E-state index in [0.29, 0.717) is 12.4 Å². The molecule has 0 bridgehead atoms. The molecule has 4 nitrogen and oxygen atoms in total. The molecule has 2 rings (SSSR count). The van der Waals surface area contributed by atoms with Gasteiger partial charge in [-0.15, -0.1) is 11.3 Å². The topological polar surface area (TPSA) is 57.8 Å². The number of carbonyl (C=O) groups is 1. The number of aryl methyl sites for hydroxylation is 1. The van der Waals surface area contributed by atoms with Crippen molar-refractivity contribution in [1.29, 1.82) is 0 Å². The zero-order chi connectivity index (χ0) is 12.1. The van der Waals surface area contributed by atoms with Crippen molar-refractivity contribution in [3.8, 4) is 0 Å². The van der Waals surface area contributed by atoms with E-state index in [1.165, 1.54) is 4.88 Å². The van der Waals surface area contributed by atoms with Crippen molar-refractivity contribution in [2.24, 2.45) is 0 Å². The summed E-state index contributed by atoms with van der Waals surface area (Å²) in [5.74, 6) is 0.504. The molecular weight excluding hydrogens is 302 g/mol. The monoisotopic (exact) mass is 313 g/mol. The van der Waals surface area contributed by atoms with E-state index in [0.717, 1.165) is 16.6 Å². The maximum Gasteiger partial charge on any atom is 0.226 e. The molecular formula is C11H12BrN3OS. The summed E-state index contributed by atoms with van der Waals surface area (Å²) in [7, 11) is 0. The molecule has 0 aliphatic heterocycles. The first-order valence-electron chi connectivity index (χ1n) is 5.27. The van der Waals surface area contributed by atoms with Crippen molar-refractivity contribution in [1.82, 2.24) is 9.97 Å². The molecule has 17 heavy (non-hydrogen) atoms. The number of rotatable bonds is 5. The number of anilines is 1. The second kappa shape index (κ2) is 5.97. The Hall–Kier alpha value is -1.14. The first-order chi connectivity index (χ1) is 8.24. The average molecular weight is 314 g/mol. The highest BCUT2D eigenvalue weighted by molar-refractivity contribution is 9.11. The maximum absolute atomic E-state index is 11.5. The summed E-state index contributed by atoms with van der Waals surface area (Å²) in [6.45, 7) is 0. The molecule has 0 fully saturated rings. The van der Waals surface area contributed by atoms with Gasteiger partial charge in [0.2, 0.25) is 11.9 Å². The van der Waals surface area contributed by atoms with Gasteiger partial charge in [0, 0.05) is 23.7 Å². The van der Waals surface area contributed by atoms with Gasteiger partial charge in [-0.2, -0.15) is 0 Å². The minimum absolute atomic E-state index is 0.00410. The Balaban J connectivity index is 1.70. The van der Waals surface area contributed by atoms with E-state index < -0.39 is 0 Å². The molecule has 2 heterocycles. The summed E-state index contributed by atoms with van der Waals surface area (Å²) in [5, 5.41) is 2.70. The molecule has 1 amide bonds. The van der Waals surface area contributed by atoms with Crippen LogP contribution in [0, 0.1) is 0 Å². The number of aromatic nitrogens is 2. The SMILES string of the molecule is O=C(CCCc1ccc(Br)s1)Nc1ncc[nH]1. The molecule has 0 aliphatic carbocycles. The third kappa shape index (κ3) is 3.98. The summed E-state index contributed by atoms with van der Waals surface area (Å²) in [6.07, 6.45) is 5.58. The van der Waals surface area contributed by atoms with Crippen molar-refractivity contribution in [2.45, 2.75) is 19.3 Å². The Morgan fingerprint density at radius 2 is 2.41 bits per heavy atom. The van der Waals surface area contributed by atoms with Gasteiger partial charge in [-0.1, -0.05) is 0 Å². The molecule has 2 aromatic heterocycles. The number of hydrogen-bond donors (Lipinski definition) is 2. The third-order valence-corrected chi connectivity index (χ3v) is 3.90. The fraction of sp³-hybridized carbons (Fsp3) is 0.273. The smallest absolute Gasteiger partial charge is 0.226 e. The zero-order valence-electron chi connectivity index (χ0n) is 9.07. The second-order valence-electron chi connectivity index (χ2n) is 3.55. The van der Waals surface area contributed by atoms with Gasteiger partial charge in [-0.3, -0.25) is 10.1 Å². The zero-order valence-corrected chi connectivity index (χ0v) is 11.5. The minimum atomic E-state index is -0.00410. The van der Waals surface area contributed by atoms with Gasteiger partial charge in [-0.25, -0.2) is 4.98 Å². The third-order valence-electron chi connectivity index (χ3n) is 2.21. The van der Waals surface area contributed by atoms with E-state index in [2.05, 4.69) is 37.3 Å². The fourth-order valence-electron chi connectivity index (χ4n) is 1.44. The van der Waals surface area contributed by atoms with E-state index in [1.54, 1.807) is 23.7 Å². The lowest BCUT2D eigenvalue weighted by molar-refractivity contribution is -0.116. The summed E-state index contributed by atoms with van der Waals surface area (Å²) in [5.41, 5.74) is 0.